The Kier molecular flexibility index (Phi) is 7.49. The summed E-state index contributed by atoms with van der Waals surface area (Å²) < 4.78 is 0. The molecule has 2 amide bonds. The monoisotopic (exact) mass is 232 g/mol. The first kappa shape index (κ1) is 14.9. The Morgan fingerprint density at radius 1 is 0.938 bits per heavy atom. The van der Waals surface area contributed by atoms with Crippen LogP contribution >= 0.6 is 0 Å². The van der Waals surface area contributed by atoms with Crippen LogP contribution in [0, 0.1) is 0 Å². The Hall–Kier alpha value is -1.14. The van der Waals surface area contributed by atoms with E-state index in [2.05, 4.69) is 10.6 Å². The van der Waals surface area contributed by atoms with Crippen LogP contribution in [0.15, 0.2) is 0 Å². The Labute approximate surface area is 95.0 Å². The molecule has 0 bridgehead atoms. The molecule has 0 aliphatic carbocycles. The molecule has 4 N–H and O–H groups in total. The molecule has 0 rings (SSSR count). The molecule has 2 atom stereocenters. The number of rotatable bonds is 6. The summed E-state index contributed by atoms with van der Waals surface area (Å²) in [7, 11) is 0. The molecule has 6 nitrogen and oxygen atoms in total. The predicted molar refractivity (Wildman–Crippen MR) is 58.6 cm³/mol. The molecular weight excluding hydrogens is 212 g/mol. The topological polar surface area (TPSA) is 98.7 Å². The van der Waals surface area contributed by atoms with Crippen LogP contribution in [0.25, 0.3) is 0 Å². The predicted octanol–water partition coefficient (Wildman–Crippen LogP) is -1.24. The van der Waals surface area contributed by atoms with Gasteiger partial charge in [0.25, 0.3) is 0 Å². The van der Waals surface area contributed by atoms with Crippen LogP contribution in [0.5, 0.6) is 0 Å². The first-order valence-corrected chi connectivity index (χ1v) is 5.42. The highest BCUT2D eigenvalue weighted by atomic mass is 16.3. The van der Waals surface area contributed by atoms with Crippen molar-refractivity contribution >= 4 is 11.8 Å². The van der Waals surface area contributed by atoms with E-state index in [4.69, 9.17) is 10.2 Å². The fraction of sp³-hybridized carbons (Fsp3) is 0.800. The lowest BCUT2D eigenvalue weighted by atomic mass is 10.2. The number of hydrogen-bond donors (Lipinski definition) is 4. The summed E-state index contributed by atoms with van der Waals surface area (Å²) >= 11 is 0. The van der Waals surface area contributed by atoms with Crippen LogP contribution in [0.1, 0.15) is 26.7 Å². The maximum absolute atomic E-state index is 11.3. The third-order valence-electron chi connectivity index (χ3n) is 2.30. The summed E-state index contributed by atoms with van der Waals surface area (Å²) in [5, 5.41) is 22.5. The largest absolute Gasteiger partial charge is 0.394 e. The van der Waals surface area contributed by atoms with Gasteiger partial charge in [0, 0.05) is 0 Å². The van der Waals surface area contributed by atoms with Gasteiger partial charge < -0.3 is 20.8 Å². The molecule has 0 fully saturated rings. The second kappa shape index (κ2) is 8.06. The van der Waals surface area contributed by atoms with Crippen molar-refractivity contribution in [3.63, 3.8) is 0 Å². The molecule has 0 aromatic carbocycles. The zero-order chi connectivity index (χ0) is 12.6. The Morgan fingerprint density at radius 3 is 1.44 bits per heavy atom. The molecule has 0 aromatic heterocycles. The van der Waals surface area contributed by atoms with Gasteiger partial charge in [0.2, 0.25) is 0 Å². The number of aliphatic hydroxyl groups excluding tert-OH is 2. The van der Waals surface area contributed by atoms with Crippen molar-refractivity contribution in [3.05, 3.63) is 0 Å². The number of carbonyl (C=O) groups excluding carboxylic acids is 2. The summed E-state index contributed by atoms with van der Waals surface area (Å²) in [6.07, 6.45) is 1.10. The number of aliphatic hydroxyl groups is 2. The van der Waals surface area contributed by atoms with Gasteiger partial charge in [-0.25, -0.2) is 0 Å². The van der Waals surface area contributed by atoms with Gasteiger partial charge in [0.15, 0.2) is 0 Å². The molecule has 0 heterocycles. The van der Waals surface area contributed by atoms with Crippen molar-refractivity contribution in [1.29, 1.82) is 0 Å². The van der Waals surface area contributed by atoms with Crippen LogP contribution in [0.2, 0.25) is 0 Å². The summed E-state index contributed by atoms with van der Waals surface area (Å²) in [5.41, 5.74) is 0. The lowest BCUT2D eigenvalue weighted by Gasteiger charge is -2.16. The Balaban J connectivity index is 4.12. The van der Waals surface area contributed by atoms with Crippen LogP contribution in [-0.4, -0.2) is 47.3 Å². The van der Waals surface area contributed by atoms with Gasteiger partial charge in [-0.05, 0) is 12.8 Å². The molecule has 16 heavy (non-hydrogen) atoms. The highest BCUT2D eigenvalue weighted by molar-refractivity contribution is 6.35. The summed E-state index contributed by atoms with van der Waals surface area (Å²) in [4.78, 5) is 22.6. The number of carbonyl (C=O) groups is 2. The molecule has 6 heteroatoms. The van der Waals surface area contributed by atoms with E-state index in [0.29, 0.717) is 12.8 Å². The van der Waals surface area contributed by atoms with Gasteiger partial charge >= 0.3 is 11.8 Å². The highest BCUT2D eigenvalue weighted by Crippen LogP contribution is 1.91. The molecule has 0 saturated heterocycles. The van der Waals surface area contributed by atoms with Crippen molar-refractivity contribution in [2.45, 2.75) is 38.8 Å². The van der Waals surface area contributed by atoms with Crippen molar-refractivity contribution in [3.8, 4) is 0 Å². The SMILES string of the molecule is CC[C@@H](CO)NC(=O)C(=O)N[C@@H](CC)CO. The third kappa shape index (κ3) is 5.09. The molecule has 0 aromatic rings. The summed E-state index contributed by atoms with van der Waals surface area (Å²) in [6.45, 7) is 3.18. The maximum Gasteiger partial charge on any atom is 0.309 e. The average Bonchev–Trinajstić information content (AvgIpc) is 2.32. The summed E-state index contributed by atoms with van der Waals surface area (Å²) in [5.74, 6) is -1.57. The molecule has 94 valence electrons. The van der Waals surface area contributed by atoms with E-state index in [9.17, 15) is 9.59 Å². The molecule has 0 aliphatic rings. The minimum Gasteiger partial charge on any atom is -0.394 e. The Morgan fingerprint density at radius 2 is 1.25 bits per heavy atom. The first-order valence-electron chi connectivity index (χ1n) is 5.42. The van der Waals surface area contributed by atoms with Crippen LogP contribution < -0.4 is 10.6 Å². The van der Waals surface area contributed by atoms with Gasteiger partial charge in [0.05, 0.1) is 25.3 Å². The highest BCUT2D eigenvalue weighted by Gasteiger charge is 2.19. The third-order valence-corrected chi connectivity index (χ3v) is 2.30. The molecular formula is C10H20N2O4. The fourth-order valence-corrected chi connectivity index (χ4v) is 1.06. The molecule has 0 unspecified atom stereocenters. The average molecular weight is 232 g/mol. The van der Waals surface area contributed by atoms with E-state index in [1.807, 2.05) is 0 Å². The Bertz CT molecular complexity index is 201. The second-order valence-electron chi connectivity index (χ2n) is 3.52. The van der Waals surface area contributed by atoms with E-state index in [1.165, 1.54) is 0 Å². The molecule has 0 radical (unpaired) electrons. The van der Waals surface area contributed by atoms with Gasteiger partial charge in [-0.1, -0.05) is 13.8 Å². The number of hydrogen-bond acceptors (Lipinski definition) is 4. The van der Waals surface area contributed by atoms with Crippen molar-refractivity contribution in [1.82, 2.24) is 10.6 Å². The van der Waals surface area contributed by atoms with E-state index in [0.717, 1.165) is 0 Å². The van der Waals surface area contributed by atoms with Gasteiger partial charge in [-0.15, -0.1) is 0 Å². The van der Waals surface area contributed by atoms with Crippen molar-refractivity contribution in [2.75, 3.05) is 13.2 Å². The lowest BCUT2D eigenvalue weighted by Crippen LogP contribution is -2.49. The van der Waals surface area contributed by atoms with Crippen LogP contribution in [0.4, 0.5) is 0 Å². The lowest BCUT2D eigenvalue weighted by molar-refractivity contribution is -0.140. The minimum absolute atomic E-state index is 0.202. The number of amides is 2. The van der Waals surface area contributed by atoms with Crippen molar-refractivity contribution in [2.24, 2.45) is 0 Å². The zero-order valence-corrected chi connectivity index (χ0v) is 9.69. The zero-order valence-electron chi connectivity index (χ0n) is 9.69. The van der Waals surface area contributed by atoms with Gasteiger partial charge in [0.1, 0.15) is 0 Å². The van der Waals surface area contributed by atoms with E-state index in [-0.39, 0.29) is 13.2 Å². The van der Waals surface area contributed by atoms with Crippen LogP contribution in [-0.2, 0) is 9.59 Å². The molecule has 0 spiro atoms. The summed E-state index contributed by atoms with van der Waals surface area (Å²) in [6, 6.07) is -0.820. The van der Waals surface area contributed by atoms with E-state index >= 15 is 0 Å². The molecule has 0 saturated carbocycles. The normalized spacial score (nSPS) is 14.0. The van der Waals surface area contributed by atoms with E-state index in [1.54, 1.807) is 13.8 Å². The van der Waals surface area contributed by atoms with Gasteiger partial charge in [-0.2, -0.15) is 0 Å². The van der Waals surface area contributed by atoms with Crippen molar-refractivity contribution < 1.29 is 19.8 Å². The first-order chi connectivity index (χ1) is 7.58. The fourth-order valence-electron chi connectivity index (χ4n) is 1.06. The van der Waals surface area contributed by atoms with E-state index < -0.39 is 23.9 Å². The smallest absolute Gasteiger partial charge is 0.309 e. The quantitative estimate of drug-likeness (QED) is 0.430. The van der Waals surface area contributed by atoms with Gasteiger partial charge in [-0.3, -0.25) is 9.59 Å². The van der Waals surface area contributed by atoms with Crippen LogP contribution in [0.3, 0.4) is 0 Å². The molecule has 0 aliphatic heterocycles. The second-order valence-corrected chi connectivity index (χ2v) is 3.52. The number of nitrogens with one attached hydrogen (secondary N) is 2. The standard InChI is InChI=1S/C10H20N2O4/c1-3-7(5-13)11-9(15)10(16)12-8(4-2)6-14/h7-8,13-14H,3-6H2,1-2H3,(H,11,15)(H,12,16)/t7-,8-/m0/s1. The maximum atomic E-state index is 11.3. The minimum atomic E-state index is -0.784.